The number of hydrogen-bond donors (Lipinski definition) is 3. The van der Waals surface area contributed by atoms with E-state index in [4.69, 9.17) is 0 Å². The van der Waals surface area contributed by atoms with Gasteiger partial charge in [0.2, 0.25) is 5.91 Å². The van der Waals surface area contributed by atoms with Gasteiger partial charge in [0, 0.05) is 5.39 Å². The van der Waals surface area contributed by atoms with Crippen LogP contribution in [0.5, 0.6) is 0 Å². The van der Waals surface area contributed by atoms with E-state index >= 15 is 0 Å². The van der Waals surface area contributed by atoms with Crippen LogP contribution in [0.2, 0.25) is 0 Å². The van der Waals surface area contributed by atoms with E-state index in [-0.39, 0.29) is 35.7 Å². The second-order valence-electron chi connectivity index (χ2n) is 9.25. The molecule has 0 aliphatic heterocycles. The molecule has 8 nitrogen and oxygen atoms in total. The molecule has 2 aromatic rings. The minimum atomic E-state index is -0.573. The molecule has 158 valence electrons. The zero-order valence-corrected chi connectivity index (χ0v) is 16.8. The molecule has 3 N–H and O–H groups in total. The van der Waals surface area contributed by atoms with E-state index in [2.05, 4.69) is 16.0 Å². The third kappa shape index (κ3) is 3.10. The second kappa shape index (κ2) is 7.19. The number of aromatic nitrogens is 2. The molecule has 30 heavy (non-hydrogen) atoms. The maximum absolute atomic E-state index is 13.1. The van der Waals surface area contributed by atoms with Gasteiger partial charge in [0.15, 0.2) is 5.69 Å². The van der Waals surface area contributed by atoms with Crippen molar-refractivity contribution >= 4 is 22.6 Å². The minimum Gasteiger partial charge on any atom is -0.394 e. The highest BCUT2D eigenvalue weighted by atomic mass is 16.3. The van der Waals surface area contributed by atoms with E-state index in [0.717, 1.165) is 23.9 Å². The van der Waals surface area contributed by atoms with Gasteiger partial charge < -0.3 is 5.11 Å². The molecule has 0 unspecified atom stereocenters. The first-order valence-electron chi connectivity index (χ1n) is 10.7. The Morgan fingerprint density at radius 2 is 1.63 bits per heavy atom. The molecule has 8 heteroatoms. The van der Waals surface area contributed by atoms with Gasteiger partial charge in [-0.25, -0.2) is 4.68 Å². The number of aliphatic hydroxyl groups is 1. The summed E-state index contributed by atoms with van der Waals surface area (Å²) in [6.07, 6.45) is 6.43. The number of amides is 2. The van der Waals surface area contributed by atoms with Gasteiger partial charge in [0.25, 0.3) is 11.5 Å². The van der Waals surface area contributed by atoms with E-state index in [0.29, 0.717) is 28.5 Å². The number of carbonyl (C=O) groups excluding carboxylic acids is 2. The van der Waals surface area contributed by atoms with Crippen LogP contribution in [0.25, 0.3) is 10.8 Å². The quantitative estimate of drug-likeness (QED) is 0.659. The number of carbonyl (C=O) groups is 2. The van der Waals surface area contributed by atoms with Crippen LogP contribution in [0.4, 0.5) is 0 Å². The maximum atomic E-state index is 13.1. The number of benzene rings is 1. The van der Waals surface area contributed by atoms with Gasteiger partial charge in [-0.3, -0.25) is 25.2 Å². The van der Waals surface area contributed by atoms with Crippen LogP contribution in [0.1, 0.15) is 49.0 Å². The Morgan fingerprint density at radius 1 is 1.03 bits per heavy atom. The van der Waals surface area contributed by atoms with Crippen LogP contribution in [0.3, 0.4) is 0 Å². The fourth-order valence-electron chi connectivity index (χ4n) is 6.34. The summed E-state index contributed by atoms with van der Waals surface area (Å²) in [6, 6.07) is 6.72. The molecule has 4 aliphatic carbocycles. The first-order valence-corrected chi connectivity index (χ1v) is 10.7. The number of hydrazine groups is 1. The summed E-state index contributed by atoms with van der Waals surface area (Å²) in [5, 5.41) is 14.1. The molecule has 0 radical (unpaired) electrons. The molecule has 0 atom stereocenters. The SMILES string of the molecule is O=C(NNC(=O)C12CC3CC(CC(C3)C1)C2)c1nn(CCO)c(=O)c2ccccc12. The predicted octanol–water partition coefficient (Wildman–Crippen LogP) is 1.37. The number of rotatable bonds is 4. The predicted molar refractivity (Wildman–Crippen MR) is 109 cm³/mol. The molecule has 0 saturated heterocycles. The van der Waals surface area contributed by atoms with E-state index in [1.54, 1.807) is 24.3 Å². The number of fused-ring (bicyclic) bond motifs is 1. The summed E-state index contributed by atoms with van der Waals surface area (Å²) < 4.78 is 1.08. The van der Waals surface area contributed by atoms with Gasteiger partial charge in [0.1, 0.15) is 0 Å². The van der Waals surface area contributed by atoms with E-state index in [1.165, 1.54) is 19.3 Å². The van der Waals surface area contributed by atoms with Crippen molar-refractivity contribution in [1.29, 1.82) is 0 Å². The molecule has 4 saturated carbocycles. The zero-order valence-electron chi connectivity index (χ0n) is 16.8. The highest BCUT2D eigenvalue weighted by molar-refractivity contribution is 6.05. The van der Waals surface area contributed by atoms with Crippen molar-refractivity contribution in [3.63, 3.8) is 0 Å². The van der Waals surface area contributed by atoms with Gasteiger partial charge in [0.05, 0.1) is 24.0 Å². The molecular formula is C22H26N4O4. The summed E-state index contributed by atoms with van der Waals surface area (Å²) >= 11 is 0. The molecular weight excluding hydrogens is 384 g/mol. The lowest BCUT2D eigenvalue weighted by atomic mass is 9.49. The number of nitrogens with one attached hydrogen (secondary N) is 2. The van der Waals surface area contributed by atoms with Crippen molar-refractivity contribution in [2.24, 2.45) is 23.2 Å². The van der Waals surface area contributed by atoms with Crippen molar-refractivity contribution in [2.75, 3.05) is 6.61 Å². The summed E-state index contributed by atoms with van der Waals surface area (Å²) in [5.74, 6) is 1.21. The summed E-state index contributed by atoms with van der Waals surface area (Å²) in [5.41, 5.74) is 4.49. The van der Waals surface area contributed by atoms with Crippen LogP contribution in [0, 0.1) is 23.2 Å². The summed E-state index contributed by atoms with van der Waals surface area (Å²) in [7, 11) is 0. The first-order chi connectivity index (χ1) is 14.5. The summed E-state index contributed by atoms with van der Waals surface area (Å²) in [6.45, 7) is -0.279. The van der Waals surface area contributed by atoms with Crippen LogP contribution < -0.4 is 16.4 Å². The first kappa shape index (κ1) is 19.2. The molecule has 0 spiro atoms. The fraction of sp³-hybridized carbons (Fsp3) is 0.545. The lowest BCUT2D eigenvalue weighted by molar-refractivity contribution is -0.147. The van der Waals surface area contributed by atoms with Crippen molar-refractivity contribution in [1.82, 2.24) is 20.6 Å². The highest BCUT2D eigenvalue weighted by Gasteiger charge is 2.54. The normalized spacial score (nSPS) is 29.2. The largest absolute Gasteiger partial charge is 0.394 e. The Labute approximate surface area is 173 Å². The lowest BCUT2D eigenvalue weighted by Crippen LogP contribution is -2.56. The molecule has 4 aliphatic rings. The number of hydrogen-bond acceptors (Lipinski definition) is 5. The molecule has 2 amide bonds. The van der Waals surface area contributed by atoms with Crippen molar-refractivity contribution in [2.45, 2.75) is 45.1 Å². The molecule has 1 aromatic heterocycles. The average molecular weight is 410 g/mol. The van der Waals surface area contributed by atoms with Gasteiger partial charge in [-0.1, -0.05) is 18.2 Å². The molecule has 1 heterocycles. The van der Waals surface area contributed by atoms with E-state index < -0.39 is 5.91 Å². The topological polar surface area (TPSA) is 113 Å². The molecule has 6 rings (SSSR count). The molecule has 4 bridgehead atoms. The van der Waals surface area contributed by atoms with E-state index in [1.807, 2.05) is 0 Å². The maximum Gasteiger partial charge on any atom is 0.290 e. The Hall–Kier alpha value is -2.74. The Morgan fingerprint density at radius 3 is 2.23 bits per heavy atom. The van der Waals surface area contributed by atoms with Crippen molar-refractivity contribution in [3.8, 4) is 0 Å². The second-order valence-corrected chi connectivity index (χ2v) is 9.25. The van der Waals surface area contributed by atoms with Crippen molar-refractivity contribution in [3.05, 3.63) is 40.3 Å². The van der Waals surface area contributed by atoms with E-state index in [9.17, 15) is 19.5 Å². The fourth-order valence-corrected chi connectivity index (χ4v) is 6.34. The minimum absolute atomic E-state index is 0.0103. The smallest absolute Gasteiger partial charge is 0.290 e. The third-order valence-electron chi connectivity index (χ3n) is 7.20. The zero-order chi connectivity index (χ0) is 20.9. The van der Waals surface area contributed by atoms with Crippen LogP contribution in [-0.2, 0) is 11.3 Å². The van der Waals surface area contributed by atoms with Crippen molar-refractivity contribution < 1.29 is 14.7 Å². The van der Waals surface area contributed by atoms with Gasteiger partial charge in [-0.2, -0.15) is 5.10 Å². The van der Waals surface area contributed by atoms with Crippen LogP contribution in [-0.4, -0.2) is 33.3 Å². The molecule has 1 aromatic carbocycles. The molecule has 4 fully saturated rings. The standard InChI is InChI=1S/C22H26N4O4/c27-6-5-26-20(29)17-4-2-1-3-16(17)18(25-26)19(28)23-24-21(30)22-10-13-7-14(11-22)9-15(8-13)12-22/h1-4,13-15,27H,5-12H2,(H,23,28)(H,24,30). The Balaban J connectivity index is 1.37. The monoisotopic (exact) mass is 410 g/mol. The van der Waals surface area contributed by atoms with Gasteiger partial charge in [-0.05, 0) is 62.3 Å². The highest BCUT2D eigenvalue weighted by Crippen LogP contribution is 2.60. The van der Waals surface area contributed by atoms with Gasteiger partial charge in [-0.15, -0.1) is 0 Å². The third-order valence-corrected chi connectivity index (χ3v) is 7.20. The lowest BCUT2D eigenvalue weighted by Gasteiger charge is -2.55. The Kier molecular flexibility index (Phi) is 4.61. The number of nitrogens with zero attached hydrogens (tertiary/aromatic N) is 2. The van der Waals surface area contributed by atoms with Gasteiger partial charge >= 0.3 is 0 Å². The van der Waals surface area contributed by atoms with Crippen LogP contribution >= 0.6 is 0 Å². The Bertz CT molecular complexity index is 1040. The van der Waals surface area contributed by atoms with Crippen LogP contribution in [0.15, 0.2) is 29.1 Å². The summed E-state index contributed by atoms with van der Waals surface area (Å²) in [4.78, 5) is 38.5. The average Bonchev–Trinajstić information content (AvgIpc) is 2.73. The number of aliphatic hydroxyl groups excluding tert-OH is 1.